The van der Waals surface area contributed by atoms with Gasteiger partial charge in [0.2, 0.25) is 0 Å². The molecule has 0 heterocycles. The first-order valence-corrected chi connectivity index (χ1v) is 12.9. The average molecular weight is 595 g/mol. The smallest absolute Gasteiger partial charge is 0.334 e. The van der Waals surface area contributed by atoms with Crippen molar-refractivity contribution < 1.29 is 35.9 Å². The Hall–Kier alpha value is -4.22. The van der Waals surface area contributed by atoms with E-state index >= 15 is 0 Å². The molecule has 0 fully saturated rings. The van der Waals surface area contributed by atoms with Crippen molar-refractivity contribution in [2.24, 2.45) is 0 Å². The number of amides is 4. The summed E-state index contributed by atoms with van der Waals surface area (Å²) in [5.74, 6) is 0. The molecule has 0 aliphatic heterocycles. The Kier molecular flexibility index (Phi) is 9.49. The first-order valence-electron chi connectivity index (χ1n) is 12.9. The normalized spacial score (nSPS) is 12.4. The fourth-order valence-electron chi connectivity index (χ4n) is 4.08. The highest BCUT2D eigenvalue weighted by Gasteiger charge is 2.31. The van der Waals surface area contributed by atoms with E-state index in [2.05, 4.69) is 21.3 Å². The molecule has 42 heavy (non-hydrogen) atoms. The third kappa shape index (κ3) is 8.89. The van der Waals surface area contributed by atoms with Crippen LogP contribution in [0.1, 0.15) is 61.1 Å². The van der Waals surface area contributed by atoms with Crippen LogP contribution >= 0.6 is 0 Å². The number of halogens is 6. The Morgan fingerprint density at radius 3 is 1.19 bits per heavy atom. The highest BCUT2D eigenvalue weighted by Crippen LogP contribution is 2.30. The molecular weight excluding hydrogens is 562 g/mol. The number of nitrogens with one attached hydrogen (secondary N) is 4. The number of hydrogen-bond acceptors (Lipinski definition) is 2. The molecule has 0 unspecified atom stereocenters. The van der Waals surface area contributed by atoms with Crippen LogP contribution in [0.3, 0.4) is 0 Å². The summed E-state index contributed by atoms with van der Waals surface area (Å²) in [4.78, 5) is 25.2. The Bertz CT molecular complexity index is 1280. The van der Waals surface area contributed by atoms with Gasteiger partial charge in [-0.15, -0.1) is 0 Å². The topological polar surface area (TPSA) is 82.3 Å². The van der Waals surface area contributed by atoms with Gasteiger partial charge in [-0.1, -0.05) is 48.5 Å². The molecule has 0 spiro atoms. The van der Waals surface area contributed by atoms with Crippen molar-refractivity contribution in [2.75, 3.05) is 0 Å². The molecule has 4 amide bonds. The van der Waals surface area contributed by atoms with Gasteiger partial charge in [-0.2, -0.15) is 26.3 Å². The molecule has 0 saturated carbocycles. The predicted molar refractivity (Wildman–Crippen MR) is 146 cm³/mol. The molecule has 0 bridgehead atoms. The minimum absolute atomic E-state index is 0.0264. The van der Waals surface area contributed by atoms with E-state index in [0.29, 0.717) is 11.1 Å². The summed E-state index contributed by atoms with van der Waals surface area (Å²) in [6.07, 6.45) is -8.88. The second-order valence-electron chi connectivity index (χ2n) is 10.8. The summed E-state index contributed by atoms with van der Waals surface area (Å²) in [5.41, 5.74) is -0.807. The largest absolute Gasteiger partial charge is 0.416 e. The fourth-order valence-corrected chi connectivity index (χ4v) is 4.08. The van der Waals surface area contributed by atoms with Gasteiger partial charge in [0.05, 0.1) is 22.2 Å². The standard InChI is InChI=1S/C30H32F6N4O2/c1-27(2,39-25(41)37-17-19-8-12-21(13-9-19)29(31,32)33)23-6-5-7-24(16-23)28(3,4)40-26(42)38-18-20-10-14-22(15-11-20)30(34,35)36/h5-16H,17-18H2,1-4H3,(H2,37,39,41)(H2,38,40,42). The number of benzene rings is 3. The fraction of sp³-hybridized carbons (Fsp3) is 0.333. The zero-order valence-corrected chi connectivity index (χ0v) is 23.4. The van der Waals surface area contributed by atoms with Crippen molar-refractivity contribution in [1.82, 2.24) is 21.3 Å². The number of urea groups is 2. The molecular formula is C30H32F6N4O2. The maximum absolute atomic E-state index is 12.8. The zero-order chi connectivity index (χ0) is 31.3. The van der Waals surface area contributed by atoms with Crippen LogP contribution in [-0.4, -0.2) is 12.1 Å². The Morgan fingerprint density at radius 1 is 0.548 bits per heavy atom. The number of rotatable bonds is 8. The summed E-state index contributed by atoms with van der Waals surface area (Å²) >= 11 is 0. The van der Waals surface area contributed by atoms with E-state index in [0.717, 1.165) is 35.4 Å². The van der Waals surface area contributed by atoms with Crippen LogP contribution in [-0.2, 0) is 36.5 Å². The summed E-state index contributed by atoms with van der Waals surface area (Å²) < 4.78 is 76.5. The second kappa shape index (κ2) is 12.3. The summed E-state index contributed by atoms with van der Waals surface area (Å²) in [6.45, 7) is 7.17. The molecule has 6 nitrogen and oxygen atoms in total. The lowest BCUT2D eigenvalue weighted by molar-refractivity contribution is -0.138. The molecule has 12 heteroatoms. The highest BCUT2D eigenvalue weighted by molar-refractivity contribution is 5.75. The first kappa shape index (κ1) is 32.3. The molecule has 0 radical (unpaired) electrons. The van der Waals surface area contributed by atoms with Crippen molar-refractivity contribution in [1.29, 1.82) is 0 Å². The van der Waals surface area contributed by atoms with E-state index in [1.807, 2.05) is 6.07 Å². The van der Waals surface area contributed by atoms with Gasteiger partial charge in [-0.25, -0.2) is 9.59 Å². The van der Waals surface area contributed by atoms with Crippen LogP contribution < -0.4 is 21.3 Å². The van der Waals surface area contributed by atoms with Gasteiger partial charge in [-0.3, -0.25) is 0 Å². The van der Waals surface area contributed by atoms with Crippen molar-refractivity contribution in [2.45, 2.75) is 64.2 Å². The highest BCUT2D eigenvalue weighted by atomic mass is 19.4. The Balaban J connectivity index is 1.57. The molecule has 0 aromatic heterocycles. The lowest BCUT2D eigenvalue weighted by Gasteiger charge is -2.31. The van der Waals surface area contributed by atoms with Gasteiger partial charge < -0.3 is 21.3 Å². The Morgan fingerprint density at radius 2 is 0.881 bits per heavy atom. The number of carbonyl (C=O) groups excluding carboxylic acids is 2. The van der Waals surface area contributed by atoms with Gasteiger partial charge in [0.1, 0.15) is 0 Å². The minimum atomic E-state index is -4.44. The van der Waals surface area contributed by atoms with E-state index in [4.69, 9.17) is 0 Å². The van der Waals surface area contributed by atoms with E-state index in [1.54, 1.807) is 45.9 Å². The van der Waals surface area contributed by atoms with Crippen LogP contribution in [0.5, 0.6) is 0 Å². The van der Waals surface area contributed by atoms with Crippen LogP contribution in [0, 0.1) is 0 Å². The quantitative estimate of drug-likeness (QED) is 0.208. The van der Waals surface area contributed by atoms with E-state index in [9.17, 15) is 35.9 Å². The molecule has 0 aliphatic carbocycles. The number of alkyl halides is 6. The van der Waals surface area contributed by atoms with Crippen molar-refractivity contribution in [3.8, 4) is 0 Å². The summed E-state index contributed by atoms with van der Waals surface area (Å²) in [7, 11) is 0. The minimum Gasteiger partial charge on any atom is -0.334 e. The molecule has 0 aliphatic rings. The van der Waals surface area contributed by atoms with Gasteiger partial charge in [0.15, 0.2) is 0 Å². The third-order valence-electron chi connectivity index (χ3n) is 6.63. The molecule has 3 rings (SSSR count). The lowest BCUT2D eigenvalue weighted by Crippen LogP contribution is -2.47. The van der Waals surface area contributed by atoms with Crippen LogP contribution in [0.15, 0.2) is 72.8 Å². The average Bonchev–Trinajstić information content (AvgIpc) is 2.90. The molecule has 3 aromatic carbocycles. The zero-order valence-electron chi connectivity index (χ0n) is 23.4. The second-order valence-corrected chi connectivity index (χ2v) is 10.8. The molecule has 226 valence electrons. The maximum atomic E-state index is 12.8. The van der Waals surface area contributed by atoms with Gasteiger partial charge in [0, 0.05) is 13.1 Å². The van der Waals surface area contributed by atoms with Crippen molar-refractivity contribution in [3.63, 3.8) is 0 Å². The Labute approximate surface area is 239 Å². The van der Waals surface area contributed by atoms with E-state index in [1.165, 1.54) is 24.3 Å². The van der Waals surface area contributed by atoms with E-state index < -0.39 is 46.6 Å². The van der Waals surface area contributed by atoms with Gasteiger partial charge >= 0.3 is 24.4 Å². The maximum Gasteiger partial charge on any atom is 0.416 e. The van der Waals surface area contributed by atoms with Crippen molar-refractivity contribution >= 4 is 12.1 Å². The van der Waals surface area contributed by atoms with E-state index in [-0.39, 0.29) is 13.1 Å². The SMILES string of the molecule is CC(C)(NC(=O)NCc1ccc(C(F)(F)F)cc1)c1cccc(C(C)(C)NC(=O)NCc2ccc(C(F)(F)F)cc2)c1. The first-order chi connectivity index (χ1) is 19.4. The predicted octanol–water partition coefficient (Wildman–Crippen LogP) is 7.19. The van der Waals surface area contributed by atoms with Crippen LogP contribution in [0.25, 0.3) is 0 Å². The van der Waals surface area contributed by atoms with Crippen molar-refractivity contribution in [3.05, 3.63) is 106 Å². The number of hydrogen-bond donors (Lipinski definition) is 4. The summed E-state index contributed by atoms with van der Waals surface area (Å²) in [5, 5.41) is 11.0. The third-order valence-corrected chi connectivity index (χ3v) is 6.63. The molecule has 0 saturated heterocycles. The van der Waals surface area contributed by atoms with Crippen LogP contribution in [0.4, 0.5) is 35.9 Å². The van der Waals surface area contributed by atoms with Gasteiger partial charge in [0.25, 0.3) is 0 Å². The molecule has 3 aromatic rings. The molecule has 0 atom stereocenters. The van der Waals surface area contributed by atoms with Crippen LogP contribution in [0.2, 0.25) is 0 Å². The number of carbonyl (C=O) groups is 2. The molecule has 4 N–H and O–H groups in total. The van der Waals surface area contributed by atoms with Gasteiger partial charge in [-0.05, 0) is 74.2 Å². The monoisotopic (exact) mass is 594 g/mol. The summed E-state index contributed by atoms with van der Waals surface area (Å²) in [6, 6.07) is 15.2. The lowest BCUT2D eigenvalue weighted by atomic mass is 9.87.